The Morgan fingerprint density at radius 1 is 1.16 bits per heavy atom. The van der Waals surface area contributed by atoms with Gasteiger partial charge < -0.3 is 5.11 Å². The van der Waals surface area contributed by atoms with Crippen LogP contribution in [0.2, 0.25) is 0 Å². The Labute approximate surface area is 114 Å². The molecular formula is C15H12N2OS. The summed E-state index contributed by atoms with van der Waals surface area (Å²) in [5.41, 5.74) is 0.926. The highest BCUT2D eigenvalue weighted by molar-refractivity contribution is 7.21. The number of rotatable bonds is 2. The molecular weight excluding hydrogens is 256 g/mol. The Morgan fingerprint density at radius 2 is 2.00 bits per heavy atom. The minimum Gasteiger partial charge on any atom is -0.506 e. The van der Waals surface area contributed by atoms with Gasteiger partial charge in [-0.3, -0.25) is 0 Å². The summed E-state index contributed by atoms with van der Waals surface area (Å²) in [4.78, 5) is 9.36. The van der Waals surface area contributed by atoms with Crippen LogP contribution in [0.1, 0.15) is 10.6 Å². The van der Waals surface area contributed by atoms with E-state index in [-0.39, 0.29) is 5.75 Å². The molecule has 3 aromatic rings. The smallest absolute Gasteiger partial charge is 0.152 e. The average molecular weight is 268 g/mol. The molecule has 19 heavy (non-hydrogen) atoms. The van der Waals surface area contributed by atoms with E-state index >= 15 is 0 Å². The van der Waals surface area contributed by atoms with Crippen molar-refractivity contribution >= 4 is 33.5 Å². The molecule has 0 saturated carbocycles. The van der Waals surface area contributed by atoms with Crippen molar-refractivity contribution < 1.29 is 5.11 Å². The van der Waals surface area contributed by atoms with Crippen molar-refractivity contribution in [2.24, 2.45) is 4.99 Å². The van der Waals surface area contributed by atoms with Gasteiger partial charge in [-0.1, -0.05) is 18.2 Å². The summed E-state index contributed by atoms with van der Waals surface area (Å²) in [7, 11) is 0. The number of nitrogens with zero attached hydrogens (tertiary/aromatic N) is 2. The lowest BCUT2D eigenvalue weighted by Crippen LogP contribution is -1.80. The molecule has 1 N–H and O–H groups in total. The fourth-order valence-electron chi connectivity index (χ4n) is 1.86. The lowest BCUT2D eigenvalue weighted by Gasteiger charge is -1.94. The van der Waals surface area contributed by atoms with Crippen LogP contribution in [-0.4, -0.2) is 16.3 Å². The molecule has 0 spiro atoms. The van der Waals surface area contributed by atoms with E-state index in [0.29, 0.717) is 5.82 Å². The molecule has 0 amide bonds. The number of aliphatic imine (C=N–C) groups is 1. The number of aromatic nitrogens is 1. The Morgan fingerprint density at radius 3 is 2.79 bits per heavy atom. The zero-order chi connectivity index (χ0) is 13.2. The van der Waals surface area contributed by atoms with Crippen LogP contribution in [0.25, 0.3) is 10.1 Å². The van der Waals surface area contributed by atoms with Crippen LogP contribution in [0.4, 0.5) is 5.82 Å². The molecule has 0 fully saturated rings. The zero-order valence-corrected chi connectivity index (χ0v) is 11.2. The molecule has 2 heterocycles. The number of aryl methyl sites for hydroxylation is 1. The van der Waals surface area contributed by atoms with E-state index in [1.54, 1.807) is 6.21 Å². The summed E-state index contributed by atoms with van der Waals surface area (Å²) in [5.74, 6) is 0.939. The lowest BCUT2D eigenvalue weighted by atomic mass is 10.2. The van der Waals surface area contributed by atoms with Crippen LogP contribution in [0.3, 0.4) is 0 Å². The molecule has 3 nitrogen and oxygen atoms in total. The maximum atomic E-state index is 10.1. The third-order valence-electron chi connectivity index (χ3n) is 2.78. The molecule has 4 heteroatoms. The summed E-state index contributed by atoms with van der Waals surface area (Å²) in [6.45, 7) is 1.93. The molecule has 2 aromatic heterocycles. The Kier molecular flexibility index (Phi) is 3.01. The number of pyridine rings is 1. The Bertz CT molecular complexity index is 762. The summed E-state index contributed by atoms with van der Waals surface area (Å²) < 4.78 is 1.05. The normalized spacial score (nSPS) is 11.4. The average Bonchev–Trinajstić information content (AvgIpc) is 2.74. The lowest BCUT2D eigenvalue weighted by molar-refractivity contribution is 0.483. The van der Waals surface area contributed by atoms with Crippen LogP contribution in [0.15, 0.2) is 47.5 Å². The first-order chi connectivity index (χ1) is 9.24. The molecule has 0 saturated heterocycles. The highest BCUT2D eigenvalue weighted by Crippen LogP contribution is 2.35. The molecule has 3 rings (SSSR count). The van der Waals surface area contributed by atoms with Crippen molar-refractivity contribution in [2.75, 3.05) is 0 Å². The number of hydrogen-bond acceptors (Lipinski definition) is 4. The topological polar surface area (TPSA) is 45.5 Å². The second kappa shape index (κ2) is 4.82. The zero-order valence-electron chi connectivity index (χ0n) is 10.4. The summed E-state index contributed by atoms with van der Waals surface area (Å²) >= 11 is 1.52. The summed E-state index contributed by atoms with van der Waals surface area (Å²) in [6.07, 6.45) is 1.67. The first kappa shape index (κ1) is 11.9. The van der Waals surface area contributed by atoms with Crippen LogP contribution < -0.4 is 0 Å². The van der Waals surface area contributed by atoms with Gasteiger partial charge in [-0.25, -0.2) is 9.98 Å². The molecule has 1 aromatic carbocycles. The Hall–Kier alpha value is -2.20. The fourth-order valence-corrected chi connectivity index (χ4v) is 2.83. The van der Waals surface area contributed by atoms with E-state index < -0.39 is 0 Å². The third-order valence-corrected chi connectivity index (χ3v) is 3.88. The van der Waals surface area contributed by atoms with Crippen molar-refractivity contribution in [2.45, 2.75) is 6.92 Å². The molecule has 0 aliphatic rings. The second-order valence-corrected chi connectivity index (χ2v) is 5.29. The monoisotopic (exact) mass is 268 g/mol. The van der Waals surface area contributed by atoms with Crippen molar-refractivity contribution in [3.8, 4) is 5.75 Å². The second-order valence-electron chi connectivity index (χ2n) is 4.21. The van der Waals surface area contributed by atoms with Gasteiger partial charge in [-0.05, 0) is 31.2 Å². The van der Waals surface area contributed by atoms with E-state index in [2.05, 4.69) is 9.98 Å². The first-order valence-corrected chi connectivity index (χ1v) is 6.74. The SMILES string of the molecule is Cc1cccc(N=Cc2sc3ccccc3c2O)n1. The van der Waals surface area contributed by atoms with Gasteiger partial charge in [0.2, 0.25) is 0 Å². The molecule has 0 unspecified atom stereocenters. The largest absolute Gasteiger partial charge is 0.506 e. The predicted molar refractivity (Wildman–Crippen MR) is 79.7 cm³/mol. The summed E-state index contributed by atoms with van der Waals surface area (Å²) in [5, 5.41) is 11.0. The maximum absolute atomic E-state index is 10.1. The quantitative estimate of drug-likeness (QED) is 0.712. The number of benzene rings is 1. The van der Waals surface area contributed by atoms with Crippen molar-refractivity contribution in [1.29, 1.82) is 0 Å². The minimum absolute atomic E-state index is 0.289. The fraction of sp³-hybridized carbons (Fsp3) is 0.0667. The van der Waals surface area contributed by atoms with Crippen LogP contribution in [0, 0.1) is 6.92 Å². The van der Waals surface area contributed by atoms with E-state index in [1.165, 1.54) is 11.3 Å². The van der Waals surface area contributed by atoms with Crippen LogP contribution in [-0.2, 0) is 0 Å². The van der Waals surface area contributed by atoms with Gasteiger partial charge in [0.05, 0.1) is 11.1 Å². The molecule has 0 aliphatic carbocycles. The van der Waals surface area contributed by atoms with Gasteiger partial charge >= 0.3 is 0 Å². The molecule has 0 atom stereocenters. The predicted octanol–water partition coefficient (Wildman–Crippen LogP) is 4.06. The van der Waals surface area contributed by atoms with Gasteiger partial charge in [0.25, 0.3) is 0 Å². The molecule has 0 bridgehead atoms. The molecule has 0 aliphatic heterocycles. The maximum Gasteiger partial charge on any atom is 0.152 e. The van der Waals surface area contributed by atoms with Gasteiger partial charge in [-0.15, -0.1) is 11.3 Å². The number of aromatic hydroxyl groups is 1. The van der Waals surface area contributed by atoms with E-state index in [0.717, 1.165) is 20.7 Å². The van der Waals surface area contributed by atoms with Gasteiger partial charge in [0, 0.05) is 15.8 Å². The van der Waals surface area contributed by atoms with Crippen LogP contribution >= 0.6 is 11.3 Å². The third kappa shape index (κ3) is 2.35. The molecule has 0 radical (unpaired) electrons. The van der Waals surface area contributed by atoms with E-state index in [9.17, 15) is 5.11 Å². The van der Waals surface area contributed by atoms with Crippen molar-refractivity contribution in [3.05, 3.63) is 53.0 Å². The highest BCUT2D eigenvalue weighted by Gasteiger charge is 2.08. The standard InChI is InChI=1S/C15H12N2OS/c1-10-5-4-8-14(17-10)16-9-13-15(18)11-6-2-3-7-12(11)19-13/h2-9,18H,1H3. The highest BCUT2D eigenvalue weighted by atomic mass is 32.1. The van der Waals surface area contributed by atoms with Gasteiger partial charge in [0.1, 0.15) is 5.75 Å². The summed E-state index contributed by atoms with van der Waals surface area (Å²) in [6, 6.07) is 13.5. The Balaban J connectivity index is 1.99. The van der Waals surface area contributed by atoms with Gasteiger partial charge in [0.15, 0.2) is 5.82 Å². The number of thiophene rings is 1. The van der Waals surface area contributed by atoms with E-state index in [4.69, 9.17) is 0 Å². The van der Waals surface area contributed by atoms with Crippen molar-refractivity contribution in [1.82, 2.24) is 4.98 Å². The van der Waals surface area contributed by atoms with E-state index in [1.807, 2.05) is 49.4 Å². The van der Waals surface area contributed by atoms with Crippen LogP contribution in [0.5, 0.6) is 5.75 Å². The first-order valence-electron chi connectivity index (χ1n) is 5.92. The minimum atomic E-state index is 0.289. The van der Waals surface area contributed by atoms with Gasteiger partial charge in [-0.2, -0.15) is 0 Å². The molecule has 94 valence electrons. The van der Waals surface area contributed by atoms with Crippen molar-refractivity contribution in [3.63, 3.8) is 0 Å². The number of hydrogen-bond donors (Lipinski definition) is 1. The number of fused-ring (bicyclic) bond motifs is 1.